The van der Waals surface area contributed by atoms with Gasteiger partial charge in [-0.25, -0.2) is 4.79 Å². The van der Waals surface area contributed by atoms with Gasteiger partial charge in [0.2, 0.25) is 11.8 Å². The van der Waals surface area contributed by atoms with Crippen molar-refractivity contribution in [1.82, 2.24) is 0 Å². The van der Waals surface area contributed by atoms with Gasteiger partial charge in [0, 0.05) is 25.9 Å². The number of hydrogen-bond donors (Lipinski definition) is 0. The summed E-state index contributed by atoms with van der Waals surface area (Å²) < 4.78 is 10.3. The van der Waals surface area contributed by atoms with Gasteiger partial charge >= 0.3 is 5.97 Å². The minimum atomic E-state index is -0.515. The molecule has 128 valence electrons. The number of carbonyl (C=O) groups excluding carboxylic acids is 3. The maximum absolute atomic E-state index is 12.2. The number of carbonyl (C=O) groups is 3. The molecule has 2 heterocycles. The van der Waals surface area contributed by atoms with E-state index in [1.54, 1.807) is 21.9 Å². The SMILES string of the molecule is COC(=O)c1cc(N2CCCC2=O)c(OC)c(N2CCCC2=O)c1. The maximum Gasteiger partial charge on any atom is 0.338 e. The maximum atomic E-state index is 12.2. The van der Waals surface area contributed by atoms with Crippen molar-refractivity contribution in [3.63, 3.8) is 0 Å². The summed E-state index contributed by atoms with van der Waals surface area (Å²) in [4.78, 5) is 39.6. The summed E-state index contributed by atoms with van der Waals surface area (Å²) in [5.74, 6) is -0.116. The zero-order chi connectivity index (χ0) is 17.3. The number of methoxy groups -OCH3 is 2. The predicted molar refractivity (Wildman–Crippen MR) is 87.5 cm³/mol. The van der Waals surface area contributed by atoms with Gasteiger partial charge in [0.25, 0.3) is 0 Å². The molecule has 0 unspecified atom stereocenters. The van der Waals surface area contributed by atoms with Crippen LogP contribution in [0.25, 0.3) is 0 Å². The minimum absolute atomic E-state index is 0.0194. The van der Waals surface area contributed by atoms with Crippen molar-refractivity contribution in [3.8, 4) is 5.75 Å². The second-order valence-electron chi connectivity index (χ2n) is 5.84. The van der Waals surface area contributed by atoms with Crippen molar-refractivity contribution < 1.29 is 23.9 Å². The Balaban J connectivity index is 2.17. The molecule has 0 radical (unpaired) electrons. The zero-order valence-electron chi connectivity index (χ0n) is 13.8. The van der Waals surface area contributed by atoms with Gasteiger partial charge in [-0.3, -0.25) is 9.59 Å². The molecule has 0 aliphatic carbocycles. The molecule has 0 N–H and O–H groups in total. The first kappa shape index (κ1) is 16.3. The fourth-order valence-corrected chi connectivity index (χ4v) is 3.25. The van der Waals surface area contributed by atoms with Gasteiger partial charge < -0.3 is 19.3 Å². The summed E-state index contributed by atoms with van der Waals surface area (Å²) in [6, 6.07) is 3.19. The van der Waals surface area contributed by atoms with E-state index in [4.69, 9.17) is 9.47 Å². The molecule has 0 bridgehead atoms. The molecular formula is C17H20N2O5. The normalized spacial score (nSPS) is 17.6. The van der Waals surface area contributed by atoms with Crippen molar-refractivity contribution in [3.05, 3.63) is 17.7 Å². The largest absolute Gasteiger partial charge is 0.492 e. The van der Waals surface area contributed by atoms with Crippen molar-refractivity contribution in [2.75, 3.05) is 37.1 Å². The molecule has 1 aromatic rings. The number of esters is 1. The van der Waals surface area contributed by atoms with Crippen LogP contribution in [0.5, 0.6) is 5.75 Å². The second-order valence-corrected chi connectivity index (χ2v) is 5.84. The van der Waals surface area contributed by atoms with Crippen LogP contribution in [0.15, 0.2) is 12.1 Å². The number of anilines is 2. The lowest BCUT2D eigenvalue weighted by atomic mass is 10.1. The summed E-state index contributed by atoms with van der Waals surface area (Å²) in [7, 11) is 2.80. The Bertz CT molecular complexity index is 653. The first-order chi connectivity index (χ1) is 11.6. The molecule has 2 saturated heterocycles. The molecule has 24 heavy (non-hydrogen) atoms. The van der Waals surface area contributed by atoms with Gasteiger partial charge in [-0.15, -0.1) is 0 Å². The van der Waals surface area contributed by atoms with Crippen LogP contribution in [0.1, 0.15) is 36.0 Å². The van der Waals surface area contributed by atoms with Crippen LogP contribution in [0, 0.1) is 0 Å². The second kappa shape index (κ2) is 6.51. The number of ether oxygens (including phenoxy) is 2. The molecule has 3 rings (SSSR count). The highest BCUT2D eigenvalue weighted by molar-refractivity contribution is 6.04. The van der Waals surface area contributed by atoms with E-state index in [-0.39, 0.29) is 11.8 Å². The van der Waals surface area contributed by atoms with Crippen molar-refractivity contribution >= 4 is 29.2 Å². The van der Waals surface area contributed by atoms with E-state index in [1.165, 1.54) is 14.2 Å². The standard InChI is InChI=1S/C17H20N2O5/c1-23-16-12(18-7-3-5-14(18)20)9-11(17(22)24-2)10-13(16)19-8-4-6-15(19)21/h9-10H,3-8H2,1-2H3. The van der Waals surface area contributed by atoms with Crippen molar-refractivity contribution in [2.45, 2.75) is 25.7 Å². The van der Waals surface area contributed by atoms with E-state index in [2.05, 4.69) is 0 Å². The summed E-state index contributed by atoms with van der Waals surface area (Å²) in [6.45, 7) is 1.13. The topological polar surface area (TPSA) is 76.2 Å². The average Bonchev–Trinajstić information content (AvgIpc) is 3.20. The van der Waals surface area contributed by atoms with Crippen molar-refractivity contribution in [2.24, 2.45) is 0 Å². The lowest BCUT2D eigenvalue weighted by Gasteiger charge is -2.25. The van der Waals surface area contributed by atoms with Gasteiger partial charge in [0.15, 0.2) is 5.75 Å². The van der Waals surface area contributed by atoms with Crippen LogP contribution in [0.3, 0.4) is 0 Å². The van der Waals surface area contributed by atoms with E-state index in [0.29, 0.717) is 48.6 Å². The monoisotopic (exact) mass is 332 g/mol. The molecule has 7 nitrogen and oxygen atoms in total. The fourth-order valence-electron chi connectivity index (χ4n) is 3.25. The Morgan fingerprint density at radius 1 is 0.958 bits per heavy atom. The molecule has 0 atom stereocenters. The van der Waals surface area contributed by atoms with Crippen LogP contribution in [-0.2, 0) is 14.3 Å². The van der Waals surface area contributed by atoms with Crippen molar-refractivity contribution in [1.29, 1.82) is 0 Å². The lowest BCUT2D eigenvalue weighted by molar-refractivity contribution is -0.117. The van der Waals surface area contributed by atoms with E-state index in [9.17, 15) is 14.4 Å². The molecule has 2 amide bonds. The third-order valence-electron chi connectivity index (χ3n) is 4.40. The van der Waals surface area contributed by atoms with Crippen LogP contribution in [0.2, 0.25) is 0 Å². The predicted octanol–water partition coefficient (Wildman–Crippen LogP) is 1.74. The minimum Gasteiger partial charge on any atom is -0.492 e. The fraction of sp³-hybridized carbons (Fsp3) is 0.471. The number of rotatable bonds is 4. The molecule has 0 spiro atoms. The zero-order valence-corrected chi connectivity index (χ0v) is 13.8. The van der Waals surface area contributed by atoms with Crippen LogP contribution in [-0.4, -0.2) is 45.1 Å². The average molecular weight is 332 g/mol. The summed E-state index contributed by atoms with van der Waals surface area (Å²) in [5.41, 5.74) is 1.32. The summed E-state index contributed by atoms with van der Waals surface area (Å²) in [6.07, 6.45) is 2.43. The molecule has 0 aromatic heterocycles. The third-order valence-corrected chi connectivity index (χ3v) is 4.40. The van der Waals surface area contributed by atoms with E-state index in [1.807, 2.05) is 0 Å². The number of benzene rings is 1. The Morgan fingerprint density at radius 3 is 1.79 bits per heavy atom. The first-order valence-corrected chi connectivity index (χ1v) is 7.98. The highest BCUT2D eigenvalue weighted by atomic mass is 16.5. The highest BCUT2D eigenvalue weighted by Crippen LogP contribution is 2.42. The van der Waals surface area contributed by atoms with Gasteiger partial charge in [0.1, 0.15) is 0 Å². The molecule has 2 aliphatic rings. The Labute approximate surface area is 140 Å². The van der Waals surface area contributed by atoms with Gasteiger partial charge in [-0.2, -0.15) is 0 Å². The smallest absolute Gasteiger partial charge is 0.338 e. The highest BCUT2D eigenvalue weighted by Gasteiger charge is 2.31. The number of amides is 2. The molecule has 2 fully saturated rings. The molecule has 0 saturated carbocycles. The van der Waals surface area contributed by atoms with E-state index < -0.39 is 5.97 Å². The summed E-state index contributed by atoms with van der Waals surface area (Å²) in [5, 5.41) is 0. The van der Waals surface area contributed by atoms with Crippen LogP contribution in [0.4, 0.5) is 11.4 Å². The quantitative estimate of drug-likeness (QED) is 0.785. The Morgan fingerprint density at radius 2 is 1.46 bits per heavy atom. The van der Waals surface area contributed by atoms with E-state index in [0.717, 1.165) is 12.8 Å². The molecular weight excluding hydrogens is 312 g/mol. The Kier molecular flexibility index (Phi) is 4.42. The van der Waals surface area contributed by atoms with Crippen LogP contribution >= 0.6 is 0 Å². The first-order valence-electron chi connectivity index (χ1n) is 7.98. The molecule has 7 heteroatoms. The Hall–Kier alpha value is -2.57. The number of nitrogens with zero attached hydrogens (tertiary/aromatic N) is 2. The van der Waals surface area contributed by atoms with Gasteiger partial charge in [0.05, 0.1) is 31.2 Å². The molecule has 1 aromatic carbocycles. The van der Waals surface area contributed by atoms with Crippen LogP contribution < -0.4 is 14.5 Å². The van der Waals surface area contributed by atoms with E-state index >= 15 is 0 Å². The van der Waals surface area contributed by atoms with Gasteiger partial charge in [-0.05, 0) is 25.0 Å². The lowest BCUT2D eigenvalue weighted by Crippen LogP contribution is -2.28. The summed E-state index contributed by atoms with van der Waals surface area (Å²) >= 11 is 0. The van der Waals surface area contributed by atoms with Gasteiger partial charge in [-0.1, -0.05) is 0 Å². The number of hydrogen-bond acceptors (Lipinski definition) is 5. The third kappa shape index (κ3) is 2.70. The molecule has 2 aliphatic heterocycles.